The minimum Gasteiger partial charge on any atom is -0.505 e. The first-order chi connectivity index (χ1) is 15.6. The summed E-state index contributed by atoms with van der Waals surface area (Å²) in [5, 5.41) is 17.0. The monoisotopic (exact) mass is 429 g/mol. The van der Waals surface area contributed by atoms with Gasteiger partial charge in [-0.25, -0.2) is 0 Å². The second-order valence-corrected chi connectivity index (χ2v) is 6.67. The van der Waals surface area contributed by atoms with Gasteiger partial charge in [0.2, 0.25) is 0 Å². The molecule has 0 spiro atoms. The number of ether oxygens (including phenoxy) is 2. The Morgan fingerprint density at radius 2 is 1.59 bits per heavy atom. The lowest BCUT2D eigenvalue weighted by Gasteiger charge is -2.14. The molecule has 0 fully saturated rings. The van der Waals surface area contributed by atoms with Gasteiger partial charge in [-0.2, -0.15) is 9.78 Å². The van der Waals surface area contributed by atoms with Crippen molar-refractivity contribution in [3.63, 3.8) is 0 Å². The smallest absolute Gasteiger partial charge is 0.280 e. The maximum atomic E-state index is 13.0. The number of hydrogen-bond acceptors (Lipinski definition) is 6. The first kappa shape index (κ1) is 20.7. The molecule has 1 aromatic heterocycles. The number of anilines is 1. The van der Waals surface area contributed by atoms with E-state index in [1.165, 1.54) is 7.11 Å². The number of carbonyl (C=O) groups is 1. The summed E-state index contributed by atoms with van der Waals surface area (Å²) in [5.74, 6) is 0.139. The van der Waals surface area contributed by atoms with E-state index >= 15 is 0 Å². The van der Waals surface area contributed by atoms with E-state index < -0.39 is 17.2 Å². The summed E-state index contributed by atoms with van der Waals surface area (Å²) in [6, 6.07) is 23.6. The molecule has 0 aliphatic rings. The Hall–Kier alpha value is -4.59. The standard InChI is InChI=1S/C24H19N3O5/c1-31-21-14-8-6-12-18(21)27-22(29)15-19(28)23(26-27)24(30)25-17-11-5-7-13-20(17)32-16-9-3-2-4-10-16/h2-15,28H,1H3,(H,25,30). The summed E-state index contributed by atoms with van der Waals surface area (Å²) < 4.78 is 12.1. The van der Waals surface area contributed by atoms with Crippen LogP contribution in [0, 0.1) is 0 Å². The maximum Gasteiger partial charge on any atom is 0.280 e. The zero-order chi connectivity index (χ0) is 22.5. The van der Waals surface area contributed by atoms with Crippen molar-refractivity contribution in [2.45, 2.75) is 0 Å². The Morgan fingerprint density at radius 1 is 0.938 bits per heavy atom. The SMILES string of the molecule is COc1ccccc1-n1nc(C(=O)Nc2ccccc2Oc2ccccc2)c(O)cc1=O. The summed E-state index contributed by atoms with van der Waals surface area (Å²) in [7, 11) is 1.46. The van der Waals surface area contributed by atoms with Crippen molar-refractivity contribution in [3.05, 3.63) is 101 Å². The Bertz CT molecular complexity index is 1320. The second-order valence-electron chi connectivity index (χ2n) is 6.67. The highest BCUT2D eigenvalue weighted by Crippen LogP contribution is 2.30. The van der Waals surface area contributed by atoms with Gasteiger partial charge in [0.05, 0.1) is 12.8 Å². The van der Waals surface area contributed by atoms with Gasteiger partial charge in [0.1, 0.15) is 17.2 Å². The highest BCUT2D eigenvalue weighted by Gasteiger charge is 2.19. The number of aromatic hydroxyl groups is 1. The van der Waals surface area contributed by atoms with Crippen LogP contribution in [-0.4, -0.2) is 27.9 Å². The average Bonchev–Trinajstić information content (AvgIpc) is 2.81. The lowest BCUT2D eigenvalue weighted by Crippen LogP contribution is -2.25. The molecule has 4 rings (SSSR count). The van der Waals surface area contributed by atoms with E-state index in [0.717, 1.165) is 10.7 Å². The van der Waals surface area contributed by atoms with E-state index in [1.807, 2.05) is 18.2 Å². The molecular formula is C24H19N3O5. The third-order valence-corrected chi connectivity index (χ3v) is 4.55. The fourth-order valence-corrected chi connectivity index (χ4v) is 3.04. The quantitative estimate of drug-likeness (QED) is 0.480. The van der Waals surface area contributed by atoms with Gasteiger partial charge in [-0.3, -0.25) is 9.59 Å². The van der Waals surface area contributed by atoms with Crippen molar-refractivity contribution in [2.24, 2.45) is 0 Å². The second kappa shape index (κ2) is 9.05. The van der Waals surface area contributed by atoms with Gasteiger partial charge in [0.15, 0.2) is 17.2 Å². The van der Waals surface area contributed by atoms with E-state index in [9.17, 15) is 14.7 Å². The van der Waals surface area contributed by atoms with Crippen LogP contribution in [0.2, 0.25) is 0 Å². The molecule has 0 aliphatic carbocycles. The van der Waals surface area contributed by atoms with Crippen LogP contribution in [0.1, 0.15) is 10.5 Å². The number of methoxy groups -OCH3 is 1. The molecule has 8 nitrogen and oxygen atoms in total. The van der Waals surface area contributed by atoms with Crippen molar-refractivity contribution < 1.29 is 19.4 Å². The van der Waals surface area contributed by atoms with Crippen LogP contribution in [0.5, 0.6) is 23.0 Å². The first-order valence-electron chi connectivity index (χ1n) is 9.67. The number of nitrogens with zero attached hydrogens (tertiary/aromatic N) is 2. The van der Waals surface area contributed by atoms with Crippen molar-refractivity contribution in [1.82, 2.24) is 9.78 Å². The molecule has 4 aromatic rings. The van der Waals surface area contributed by atoms with E-state index in [2.05, 4.69) is 10.4 Å². The van der Waals surface area contributed by atoms with Crippen LogP contribution >= 0.6 is 0 Å². The molecule has 32 heavy (non-hydrogen) atoms. The molecule has 0 saturated heterocycles. The fourth-order valence-electron chi connectivity index (χ4n) is 3.04. The molecule has 0 radical (unpaired) electrons. The van der Waals surface area contributed by atoms with Gasteiger partial charge in [-0.15, -0.1) is 0 Å². The Labute approximate surface area is 183 Å². The van der Waals surface area contributed by atoms with Crippen LogP contribution in [0.25, 0.3) is 5.69 Å². The molecule has 0 saturated carbocycles. The summed E-state index contributed by atoms with van der Waals surface area (Å²) >= 11 is 0. The molecule has 0 atom stereocenters. The number of hydrogen-bond donors (Lipinski definition) is 2. The number of rotatable bonds is 6. The topological polar surface area (TPSA) is 103 Å². The minimum atomic E-state index is -0.713. The fraction of sp³-hybridized carbons (Fsp3) is 0.0417. The van der Waals surface area contributed by atoms with Gasteiger partial charge < -0.3 is 19.9 Å². The summed E-state index contributed by atoms with van der Waals surface area (Å²) in [6.45, 7) is 0. The largest absolute Gasteiger partial charge is 0.505 e. The van der Waals surface area contributed by atoms with E-state index in [4.69, 9.17) is 9.47 Å². The maximum absolute atomic E-state index is 13.0. The summed E-state index contributed by atoms with van der Waals surface area (Å²) in [6.07, 6.45) is 0. The van der Waals surface area contributed by atoms with Gasteiger partial charge in [-0.1, -0.05) is 42.5 Å². The van der Waals surface area contributed by atoms with E-state index in [0.29, 0.717) is 28.6 Å². The average molecular weight is 429 g/mol. The van der Waals surface area contributed by atoms with E-state index in [1.54, 1.807) is 60.7 Å². The molecule has 0 bridgehead atoms. The predicted octanol–water partition coefficient (Wildman–Crippen LogP) is 3.99. The van der Waals surface area contributed by atoms with Crippen LogP contribution < -0.4 is 20.3 Å². The lowest BCUT2D eigenvalue weighted by molar-refractivity contribution is 0.101. The number of carbonyl (C=O) groups excluding carboxylic acids is 1. The predicted molar refractivity (Wildman–Crippen MR) is 119 cm³/mol. The first-order valence-corrected chi connectivity index (χ1v) is 9.67. The van der Waals surface area contributed by atoms with E-state index in [-0.39, 0.29) is 5.69 Å². The number of nitrogens with one attached hydrogen (secondary N) is 1. The molecular weight excluding hydrogens is 410 g/mol. The molecule has 1 amide bonds. The summed E-state index contributed by atoms with van der Waals surface area (Å²) in [4.78, 5) is 25.4. The van der Waals surface area contributed by atoms with Crippen LogP contribution in [0.15, 0.2) is 89.7 Å². The lowest BCUT2D eigenvalue weighted by atomic mass is 10.2. The van der Waals surface area contributed by atoms with Gasteiger partial charge in [-0.05, 0) is 36.4 Å². The molecule has 0 aliphatic heterocycles. The highest BCUT2D eigenvalue weighted by molar-refractivity contribution is 6.05. The number of benzene rings is 3. The van der Waals surface area contributed by atoms with Gasteiger partial charge in [0, 0.05) is 6.07 Å². The van der Waals surface area contributed by atoms with Crippen molar-refractivity contribution >= 4 is 11.6 Å². The zero-order valence-electron chi connectivity index (χ0n) is 17.1. The summed E-state index contributed by atoms with van der Waals surface area (Å²) in [5.41, 5.74) is -0.235. The Morgan fingerprint density at radius 3 is 2.34 bits per heavy atom. The molecule has 2 N–H and O–H groups in total. The molecule has 0 unspecified atom stereocenters. The third kappa shape index (κ3) is 4.29. The molecule has 160 valence electrons. The van der Waals surface area contributed by atoms with Crippen molar-refractivity contribution in [3.8, 4) is 28.7 Å². The molecule has 8 heteroatoms. The highest BCUT2D eigenvalue weighted by atomic mass is 16.5. The third-order valence-electron chi connectivity index (χ3n) is 4.55. The Balaban J connectivity index is 1.67. The van der Waals surface area contributed by atoms with Crippen molar-refractivity contribution in [2.75, 3.05) is 12.4 Å². The van der Waals surface area contributed by atoms with Crippen LogP contribution in [0.4, 0.5) is 5.69 Å². The normalized spacial score (nSPS) is 10.4. The van der Waals surface area contributed by atoms with Crippen LogP contribution in [-0.2, 0) is 0 Å². The van der Waals surface area contributed by atoms with Crippen LogP contribution in [0.3, 0.4) is 0 Å². The number of aromatic nitrogens is 2. The van der Waals surface area contributed by atoms with Gasteiger partial charge >= 0.3 is 0 Å². The Kier molecular flexibility index (Phi) is 5.85. The zero-order valence-corrected chi connectivity index (χ0v) is 17.1. The number of amides is 1. The number of para-hydroxylation sites is 5. The molecule has 3 aromatic carbocycles. The van der Waals surface area contributed by atoms with Gasteiger partial charge in [0.25, 0.3) is 11.5 Å². The van der Waals surface area contributed by atoms with Crippen molar-refractivity contribution in [1.29, 1.82) is 0 Å². The minimum absolute atomic E-state index is 0.329. The molecule has 1 heterocycles.